The SMILES string of the molecule is COc1ccc(/C=C\c2cc(OC)c(OC)c(OC)c2)cc1OP(=O)([O-])Oc1c(OC)ccc(/C=C\c2cc(C)c(OC)c(OC)c2)c1O.[Na+]. The van der Waals surface area contributed by atoms with E-state index in [-0.39, 0.29) is 52.4 Å². The molecule has 0 amide bonds. The van der Waals surface area contributed by atoms with Gasteiger partial charge in [-0.15, -0.1) is 0 Å². The van der Waals surface area contributed by atoms with Crippen molar-refractivity contribution in [2.45, 2.75) is 6.92 Å². The number of aryl methyl sites for hydroxylation is 1. The van der Waals surface area contributed by atoms with Gasteiger partial charge in [-0.3, -0.25) is 0 Å². The molecule has 1 unspecified atom stereocenters. The zero-order valence-corrected chi connectivity index (χ0v) is 32.3. The molecule has 0 radical (unpaired) electrons. The van der Waals surface area contributed by atoms with Crippen molar-refractivity contribution in [1.82, 2.24) is 0 Å². The fourth-order valence-corrected chi connectivity index (χ4v) is 5.75. The Hall–Kier alpha value is -4.45. The average Bonchev–Trinajstić information content (AvgIpc) is 3.09. The minimum Gasteiger partial charge on any atom is -0.736 e. The molecule has 0 aliphatic carbocycles. The van der Waals surface area contributed by atoms with Crippen molar-refractivity contribution in [2.75, 3.05) is 49.8 Å². The Balaban J connectivity index is 0.00000676. The molecule has 0 aromatic heterocycles. The van der Waals surface area contributed by atoms with E-state index in [9.17, 15) is 14.6 Å². The maximum atomic E-state index is 13.3. The van der Waals surface area contributed by atoms with Crippen molar-refractivity contribution >= 4 is 32.1 Å². The summed E-state index contributed by atoms with van der Waals surface area (Å²) in [6.07, 6.45) is 6.81. The zero-order valence-electron chi connectivity index (χ0n) is 29.4. The molecule has 0 fully saturated rings. The summed E-state index contributed by atoms with van der Waals surface area (Å²) in [6, 6.07) is 14.9. The number of ether oxygens (including phenoxy) is 7. The van der Waals surface area contributed by atoms with Gasteiger partial charge in [-0.05, 0) is 77.7 Å². The van der Waals surface area contributed by atoms with E-state index in [1.165, 1.54) is 54.8 Å². The molecule has 0 aliphatic heterocycles. The molecular weight excluding hydrogens is 678 g/mol. The van der Waals surface area contributed by atoms with Crippen LogP contribution in [0.4, 0.5) is 0 Å². The molecule has 0 saturated carbocycles. The van der Waals surface area contributed by atoms with Gasteiger partial charge in [0.1, 0.15) is 0 Å². The van der Waals surface area contributed by atoms with Crippen LogP contribution in [0.3, 0.4) is 0 Å². The largest absolute Gasteiger partial charge is 1.00 e. The van der Waals surface area contributed by atoms with E-state index in [1.54, 1.807) is 67.8 Å². The van der Waals surface area contributed by atoms with Crippen LogP contribution >= 0.6 is 7.82 Å². The first kappa shape index (κ1) is 40.0. The van der Waals surface area contributed by atoms with Crippen molar-refractivity contribution in [3.63, 3.8) is 0 Å². The van der Waals surface area contributed by atoms with Gasteiger partial charge in [0, 0.05) is 5.56 Å². The summed E-state index contributed by atoms with van der Waals surface area (Å²) in [5.41, 5.74) is 3.13. The molecule has 1 atom stereocenters. The van der Waals surface area contributed by atoms with Crippen LogP contribution in [0, 0.1) is 6.92 Å². The standard InChI is InChI=1S/C36H39O12P.Na/c1-22-17-24(19-30(42-4)34(22)45-7)11-13-26-14-16-28(41-3)36(33(26)37)48-49(38,39)47-29-18-23(12-15-27(29)40-2)9-10-25-20-31(43-5)35(46-8)32(21-25)44-6;/h9-21,37H,1-8H3,(H,38,39);/q;+1/p-1/b10-9-,13-11-;. The minimum absolute atomic E-state index is 0. The van der Waals surface area contributed by atoms with Gasteiger partial charge < -0.3 is 52.2 Å². The zero-order chi connectivity index (χ0) is 35.7. The van der Waals surface area contributed by atoms with Crippen LogP contribution in [0.1, 0.15) is 27.8 Å². The topological polar surface area (TPSA) is 143 Å². The second-order valence-electron chi connectivity index (χ2n) is 10.3. The molecule has 0 heterocycles. The first-order valence-corrected chi connectivity index (χ1v) is 16.1. The van der Waals surface area contributed by atoms with Crippen LogP contribution in [0.5, 0.6) is 57.5 Å². The summed E-state index contributed by atoms with van der Waals surface area (Å²) in [4.78, 5) is 13.3. The van der Waals surface area contributed by atoms with Crippen LogP contribution in [0.25, 0.3) is 24.3 Å². The molecule has 4 aromatic rings. The Morgan fingerprint density at radius 3 is 1.58 bits per heavy atom. The summed E-state index contributed by atoms with van der Waals surface area (Å²) in [6.45, 7) is 1.87. The predicted octanol–water partition coefficient (Wildman–Crippen LogP) is 4.03. The van der Waals surface area contributed by atoms with Gasteiger partial charge in [0.25, 0.3) is 0 Å². The number of phenolic OH excluding ortho intramolecular Hbond substituents is 1. The number of aromatic hydroxyl groups is 1. The van der Waals surface area contributed by atoms with Gasteiger partial charge in [-0.25, -0.2) is 4.57 Å². The Morgan fingerprint density at radius 2 is 1.02 bits per heavy atom. The Labute approximate surface area is 313 Å². The van der Waals surface area contributed by atoms with Crippen molar-refractivity contribution in [1.29, 1.82) is 0 Å². The quantitative estimate of drug-likeness (QED) is 0.108. The van der Waals surface area contributed by atoms with E-state index in [4.69, 9.17) is 42.2 Å². The minimum atomic E-state index is -5.19. The Bertz CT molecular complexity index is 1880. The second-order valence-corrected chi connectivity index (χ2v) is 11.5. The number of hydrogen-bond donors (Lipinski definition) is 1. The molecule has 12 nitrogen and oxygen atoms in total. The van der Waals surface area contributed by atoms with Crippen molar-refractivity contribution in [3.8, 4) is 57.5 Å². The van der Waals surface area contributed by atoms with Crippen LogP contribution in [0.2, 0.25) is 0 Å². The fourth-order valence-electron chi connectivity index (χ4n) is 4.92. The molecule has 4 rings (SSSR count). The molecule has 0 bridgehead atoms. The molecular formula is C36H38NaO12P. The number of phosphoric ester groups is 1. The second kappa shape index (κ2) is 18.0. The third-order valence-electron chi connectivity index (χ3n) is 7.24. The molecule has 14 heteroatoms. The maximum Gasteiger partial charge on any atom is 1.00 e. The van der Waals surface area contributed by atoms with Crippen LogP contribution in [0.15, 0.2) is 54.6 Å². The van der Waals surface area contributed by atoms with Crippen molar-refractivity contribution in [2.24, 2.45) is 0 Å². The summed E-state index contributed by atoms with van der Waals surface area (Å²) < 4.78 is 61.6. The van der Waals surface area contributed by atoms with E-state index < -0.39 is 19.3 Å². The van der Waals surface area contributed by atoms with Crippen LogP contribution < -0.4 is 76.7 Å². The van der Waals surface area contributed by atoms with Gasteiger partial charge in [0.2, 0.25) is 11.5 Å². The number of methoxy groups -OCH3 is 7. The third kappa shape index (κ3) is 9.41. The van der Waals surface area contributed by atoms with Gasteiger partial charge in [-0.1, -0.05) is 30.4 Å². The van der Waals surface area contributed by atoms with E-state index in [0.717, 1.165) is 16.7 Å². The first-order chi connectivity index (χ1) is 23.5. The molecule has 260 valence electrons. The van der Waals surface area contributed by atoms with E-state index in [0.29, 0.717) is 34.3 Å². The number of benzene rings is 4. The number of hydrogen-bond acceptors (Lipinski definition) is 12. The summed E-state index contributed by atoms with van der Waals surface area (Å²) >= 11 is 0. The normalized spacial score (nSPS) is 12.1. The number of phenols is 1. The Morgan fingerprint density at radius 1 is 0.540 bits per heavy atom. The van der Waals surface area contributed by atoms with Crippen molar-refractivity contribution in [3.05, 3.63) is 82.4 Å². The monoisotopic (exact) mass is 716 g/mol. The molecule has 1 N–H and O–H groups in total. The third-order valence-corrected chi connectivity index (χ3v) is 8.07. The van der Waals surface area contributed by atoms with Gasteiger partial charge >= 0.3 is 37.4 Å². The van der Waals surface area contributed by atoms with Crippen LogP contribution in [-0.2, 0) is 4.57 Å². The van der Waals surface area contributed by atoms with E-state index >= 15 is 0 Å². The summed E-state index contributed by atoms with van der Waals surface area (Å²) in [5, 5.41) is 11.1. The molecule has 0 aliphatic rings. The number of rotatable bonds is 15. The van der Waals surface area contributed by atoms with Gasteiger partial charge in [-0.2, -0.15) is 0 Å². The number of phosphoric acid groups is 1. The average molecular weight is 717 g/mol. The van der Waals surface area contributed by atoms with E-state index in [2.05, 4.69) is 0 Å². The first-order valence-electron chi connectivity index (χ1n) is 14.7. The van der Waals surface area contributed by atoms with Gasteiger partial charge in [0.05, 0.1) is 49.8 Å². The Kier molecular flexibility index (Phi) is 14.4. The maximum absolute atomic E-state index is 13.3. The van der Waals surface area contributed by atoms with Crippen molar-refractivity contribution < 1.29 is 86.3 Å². The molecule has 0 spiro atoms. The van der Waals surface area contributed by atoms with E-state index in [1.807, 2.05) is 13.0 Å². The fraction of sp³-hybridized carbons (Fsp3) is 0.222. The summed E-state index contributed by atoms with van der Waals surface area (Å²) in [7, 11) is 5.13. The smallest absolute Gasteiger partial charge is 0.736 e. The molecule has 50 heavy (non-hydrogen) atoms. The molecule has 4 aromatic carbocycles. The summed E-state index contributed by atoms with van der Waals surface area (Å²) in [5.74, 6) is 1.53. The van der Waals surface area contributed by atoms with Crippen LogP contribution in [-0.4, -0.2) is 54.9 Å². The van der Waals surface area contributed by atoms with Gasteiger partial charge in [0.15, 0.2) is 46.0 Å². The molecule has 0 saturated heterocycles. The predicted molar refractivity (Wildman–Crippen MR) is 185 cm³/mol.